The van der Waals surface area contributed by atoms with Crippen LogP contribution in [0.25, 0.3) is 0 Å². The summed E-state index contributed by atoms with van der Waals surface area (Å²) in [4.78, 5) is 15.4. The lowest BCUT2D eigenvalue weighted by Gasteiger charge is -2.27. The third kappa shape index (κ3) is 4.67. The van der Waals surface area contributed by atoms with Crippen molar-refractivity contribution in [3.8, 4) is 0 Å². The Balaban J connectivity index is 1.63. The zero-order chi connectivity index (χ0) is 18.6. The molecule has 1 aliphatic carbocycles. The summed E-state index contributed by atoms with van der Waals surface area (Å²) in [6.07, 6.45) is 10.4. The van der Waals surface area contributed by atoms with Gasteiger partial charge in [0, 0.05) is 31.1 Å². The lowest BCUT2D eigenvalue weighted by molar-refractivity contribution is -0.131. The van der Waals surface area contributed by atoms with Gasteiger partial charge in [0.05, 0.1) is 6.42 Å². The molecule has 1 aromatic heterocycles. The van der Waals surface area contributed by atoms with E-state index >= 15 is 0 Å². The third-order valence-corrected chi connectivity index (χ3v) is 9.09. The molecule has 0 spiro atoms. The number of amides is 1. The maximum atomic E-state index is 12.7. The minimum absolute atomic E-state index is 0.0978. The Kier molecular flexibility index (Phi) is 6.75. The van der Waals surface area contributed by atoms with Crippen LogP contribution in [-0.4, -0.2) is 49.7 Å². The van der Waals surface area contributed by atoms with Crippen molar-refractivity contribution in [1.29, 1.82) is 0 Å². The summed E-state index contributed by atoms with van der Waals surface area (Å²) in [5.41, 5.74) is 0. The van der Waals surface area contributed by atoms with Crippen molar-refractivity contribution in [2.75, 3.05) is 20.1 Å². The van der Waals surface area contributed by atoms with E-state index in [0.717, 1.165) is 37.0 Å². The first-order chi connectivity index (χ1) is 12.5. The number of rotatable bonds is 5. The maximum absolute atomic E-state index is 12.7. The van der Waals surface area contributed by atoms with Crippen molar-refractivity contribution in [1.82, 2.24) is 9.21 Å². The Morgan fingerprint density at radius 1 is 1.08 bits per heavy atom. The van der Waals surface area contributed by atoms with Crippen LogP contribution in [0.2, 0.25) is 0 Å². The van der Waals surface area contributed by atoms with E-state index in [2.05, 4.69) is 0 Å². The van der Waals surface area contributed by atoms with Gasteiger partial charge in [0.2, 0.25) is 5.91 Å². The third-order valence-electron chi connectivity index (χ3n) is 5.64. The number of piperidine rings is 1. The first kappa shape index (κ1) is 19.8. The zero-order valence-corrected chi connectivity index (χ0v) is 17.3. The molecule has 0 bridgehead atoms. The van der Waals surface area contributed by atoms with Gasteiger partial charge in [0.25, 0.3) is 10.0 Å². The van der Waals surface area contributed by atoms with Crippen LogP contribution in [0.1, 0.15) is 62.7 Å². The highest BCUT2D eigenvalue weighted by molar-refractivity contribution is 7.91. The largest absolute Gasteiger partial charge is 0.342 e. The van der Waals surface area contributed by atoms with E-state index in [1.54, 1.807) is 16.4 Å². The quantitative estimate of drug-likeness (QED) is 0.712. The van der Waals surface area contributed by atoms with Crippen LogP contribution in [0.5, 0.6) is 0 Å². The van der Waals surface area contributed by atoms with Crippen molar-refractivity contribution in [3.63, 3.8) is 0 Å². The van der Waals surface area contributed by atoms with Crippen molar-refractivity contribution < 1.29 is 13.2 Å². The maximum Gasteiger partial charge on any atom is 0.252 e. The molecular formula is C19H30N2O3S2. The van der Waals surface area contributed by atoms with Crippen LogP contribution in [0.3, 0.4) is 0 Å². The second-order valence-corrected chi connectivity index (χ2v) is 10.8. The molecule has 1 saturated heterocycles. The summed E-state index contributed by atoms with van der Waals surface area (Å²) in [6.45, 7) is 1.22. The monoisotopic (exact) mass is 398 g/mol. The molecule has 7 heteroatoms. The van der Waals surface area contributed by atoms with Crippen LogP contribution in [0.15, 0.2) is 16.3 Å². The molecule has 2 aliphatic rings. The fourth-order valence-corrected chi connectivity index (χ4v) is 6.97. The summed E-state index contributed by atoms with van der Waals surface area (Å²) in [5.74, 6) is 0.0978. The number of sulfonamides is 1. The summed E-state index contributed by atoms with van der Waals surface area (Å²) in [5, 5.41) is 0. The van der Waals surface area contributed by atoms with Gasteiger partial charge in [-0.15, -0.1) is 11.3 Å². The molecule has 1 aromatic rings. The van der Waals surface area contributed by atoms with Crippen molar-refractivity contribution in [2.45, 2.75) is 74.5 Å². The number of likely N-dealkylation sites (N-methyl/N-ethyl adjacent to an activating group) is 1. The average molecular weight is 399 g/mol. The number of carbonyl (C=O) groups excluding carboxylic acids is 1. The van der Waals surface area contributed by atoms with Crippen molar-refractivity contribution >= 4 is 27.3 Å². The van der Waals surface area contributed by atoms with E-state index in [4.69, 9.17) is 0 Å². The lowest BCUT2D eigenvalue weighted by Crippen LogP contribution is -2.37. The van der Waals surface area contributed by atoms with Crippen LogP contribution in [0.4, 0.5) is 0 Å². The topological polar surface area (TPSA) is 57.7 Å². The Labute approximate surface area is 161 Å². The highest BCUT2D eigenvalue weighted by atomic mass is 32.2. The van der Waals surface area contributed by atoms with E-state index in [-0.39, 0.29) is 5.91 Å². The fraction of sp³-hybridized carbons (Fsp3) is 0.737. The van der Waals surface area contributed by atoms with Crippen LogP contribution in [0, 0.1) is 0 Å². The molecule has 0 aromatic carbocycles. The molecule has 0 N–H and O–H groups in total. The first-order valence-corrected chi connectivity index (χ1v) is 12.1. The minimum atomic E-state index is -3.40. The highest BCUT2D eigenvalue weighted by Gasteiger charge is 2.28. The molecule has 2 fully saturated rings. The molecule has 0 atom stereocenters. The number of hydrogen-bond acceptors (Lipinski definition) is 4. The summed E-state index contributed by atoms with van der Waals surface area (Å²) >= 11 is 1.25. The van der Waals surface area contributed by atoms with Crippen LogP contribution in [-0.2, 0) is 21.2 Å². The lowest BCUT2D eigenvalue weighted by atomic mass is 10.1. The van der Waals surface area contributed by atoms with Gasteiger partial charge < -0.3 is 4.90 Å². The summed E-state index contributed by atoms with van der Waals surface area (Å²) in [6, 6.07) is 3.81. The summed E-state index contributed by atoms with van der Waals surface area (Å²) < 4.78 is 27.5. The van der Waals surface area contributed by atoms with Crippen LogP contribution >= 0.6 is 11.3 Å². The molecule has 2 heterocycles. The molecule has 1 saturated carbocycles. The highest BCUT2D eigenvalue weighted by Crippen LogP contribution is 2.28. The Morgan fingerprint density at radius 3 is 2.35 bits per heavy atom. The Morgan fingerprint density at radius 2 is 1.69 bits per heavy atom. The predicted molar refractivity (Wildman–Crippen MR) is 105 cm³/mol. The average Bonchev–Trinajstić information content (AvgIpc) is 2.96. The molecule has 26 heavy (non-hydrogen) atoms. The fourth-order valence-electron chi connectivity index (χ4n) is 3.95. The second-order valence-electron chi connectivity index (χ2n) is 7.51. The van der Waals surface area contributed by atoms with Gasteiger partial charge in [-0.2, -0.15) is 4.31 Å². The standard InChI is InChI=1S/C19H30N2O3S2/c1-20(16-9-5-2-3-6-10-16)18(22)15-17-11-12-19(25-17)26(23,24)21-13-7-4-8-14-21/h11-12,16H,2-10,13-15H2,1H3. The SMILES string of the molecule is CN(C(=O)Cc1ccc(S(=O)(=O)N2CCCCC2)s1)C1CCCCCC1. The van der Waals surface area contributed by atoms with Gasteiger partial charge in [-0.1, -0.05) is 32.1 Å². The molecular weight excluding hydrogens is 368 g/mol. The Bertz CT molecular complexity index is 700. The van der Waals surface area contributed by atoms with Gasteiger partial charge >= 0.3 is 0 Å². The van der Waals surface area contributed by atoms with Gasteiger partial charge in [0.1, 0.15) is 4.21 Å². The molecule has 0 unspecified atom stereocenters. The predicted octanol–water partition coefficient (Wildman–Crippen LogP) is 3.65. The normalized spacial score (nSPS) is 20.7. The number of hydrogen-bond donors (Lipinski definition) is 0. The van der Waals surface area contributed by atoms with E-state index in [1.807, 2.05) is 11.9 Å². The van der Waals surface area contributed by atoms with Crippen LogP contribution < -0.4 is 0 Å². The second kappa shape index (κ2) is 8.85. The molecule has 3 rings (SSSR count). The number of thiophene rings is 1. The van der Waals surface area contributed by atoms with Gasteiger partial charge in [0.15, 0.2) is 0 Å². The molecule has 1 aliphatic heterocycles. The van der Waals surface area contributed by atoms with E-state index in [1.165, 1.54) is 37.0 Å². The van der Waals surface area contributed by atoms with Gasteiger partial charge in [-0.25, -0.2) is 8.42 Å². The van der Waals surface area contributed by atoms with Crippen molar-refractivity contribution in [2.24, 2.45) is 0 Å². The minimum Gasteiger partial charge on any atom is -0.342 e. The van der Waals surface area contributed by atoms with E-state index in [9.17, 15) is 13.2 Å². The molecule has 0 radical (unpaired) electrons. The first-order valence-electron chi connectivity index (χ1n) is 9.83. The zero-order valence-electron chi connectivity index (χ0n) is 15.7. The molecule has 5 nitrogen and oxygen atoms in total. The number of carbonyl (C=O) groups is 1. The smallest absolute Gasteiger partial charge is 0.252 e. The Hall–Kier alpha value is -0.920. The van der Waals surface area contributed by atoms with Crippen molar-refractivity contribution in [3.05, 3.63) is 17.0 Å². The molecule has 1 amide bonds. The van der Waals surface area contributed by atoms with E-state index < -0.39 is 10.0 Å². The van der Waals surface area contributed by atoms with Gasteiger partial charge in [-0.3, -0.25) is 4.79 Å². The van der Waals surface area contributed by atoms with Gasteiger partial charge in [-0.05, 0) is 37.8 Å². The molecule has 146 valence electrons. The van der Waals surface area contributed by atoms with E-state index in [0.29, 0.717) is 29.8 Å². The summed E-state index contributed by atoms with van der Waals surface area (Å²) in [7, 11) is -1.50. The number of nitrogens with zero attached hydrogens (tertiary/aromatic N) is 2.